The van der Waals surface area contributed by atoms with Crippen LogP contribution in [0.5, 0.6) is 0 Å². The van der Waals surface area contributed by atoms with Crippen LogP contribution in [0.25, 0.3) is 0 Å². The number of nitrogens with two attached hydrogens (primary N) is 1. The summed E-state index contributed by atoms with van der Waals surface area (Å²) in [4.78, 5) is 10.4. The molecule has 2 aromatic rings. The van der Waals surface area contributed by atoms with Gasteiger partial charge in [0.25, 0.3) is 0 Å². The molecule has 0 aliphatic rings. The molecule has 0 amide bonds. The van der Waals surface area contributed by atoms with E-state index in [2.05, 4.69) is 0 Å². The fourth-order valence-electron chi connectivity index (χ4n) is 1.73. The first-order valence-corrected chi connectivity index (χ1v) is 6.80. The van der Waals surface area contributed by atoms with Crippen LogP contribution in [-0.4, -0.2) is 28.8 Å². The molecular formula is C17H21NO3. The number of aliphatic hydroxyl groups excluding tert-OH is 1. The molecule has 2 rings (SSSR count). The molecular weight excluding hydrogens is 266 g/mol. The van der Waals surface area contributed by atoms with Gasteiger partial charge in [0.2, 0.25) is 0 Å². The van der Waals surface area contributed by atoms with E-state index in [0.29, 0.717) is 6.42 Å². The summed E-state index contributed by atoms with van der Waals surface area (Å²) in [5, 5.41) is 17.0. The summed E-state index contributed by atoms with van der Waals surface area (Å²) >= 11 is 0. The van der Waals surface area contributed by atoms with E-state index in [9.17, 15) is 4.79 Å². The summed E-state index contributed by atoms with van der Waals surface area (Å²) in [6.07, 6.45) is 1.15. The van der Waals surface area contributed by atoms with Gasteiger partial charge < -0.3 is 15.9 Å². The summed E-state index contributed by atoms with van der Waals surface area (Å²) in [5.74, 6) is -0.959. The zero-order chi connectivity index (χ0) is 15.5. The van der Waals surface area contributed by atoms with Gasteiger partial charge in [0.05, 0.1) is 0 Å². The van der Waals surface area contributed by atoms with Crippen LogP contribution in [0.2, 0.25) is 0 Å². The smallest absolute Gasteiger partial charge is 0.320 e. The summed E-state index contributed by atoms with van der Waals surface area (Å²) in [5.41, 5.74) is 7.49. The third-order valence-electron chi connectivity index (χ3n) is 2.86. The van der Waals surface area contributed by atoms with Gasteiger partial charge in [-0.2, -0.15) is 0 Å². The predicted molar refractivity (Wildman–Crippen MR) is 83.0 cm³/mol. The third kappa shape index (κ3) is 7.25. The number of benzene rings is 2. The van der Waals surface area contributed by atoms with Crippen molar-refractivity contribution in [3.63, 3.8) is 0 Å². The molecule has 0 saturated carbocycles. The van der Waals surface area contributed by atoms with Crippen LogP contribution in [0.15, 0.2) is 60.7 Å². The maximum Gasteiger partial charge on any atom is 0.320 e. The van der Waals surface area contributed by atoms with Crippen LogP contribution < -0.4 is 5.73 Å². The normalized spacial score (nSPS) is 11.1. The Labute approximate surface area is 124 Å². The maximum atomic E-state index is 10.4. The number of carboxylic acids is 1. The zero-order valence-corrected chi connectivity index (χ0v) is 11.9. The number of rotatable bonds is 5. The second-order valence-corrected chi connectivity index (χ2v) is 4.59. The van der Waals surface area contributed by atoms with Gasteiger partial charge in [0.15, 0.2) is 0 Å². The number of hydrogen-bond donors (Lipinski definition) is 3. The predicted octanol–water partition coefficient (Wildman–Crippen LogP) is 1.86. The van der Waals surface area contributed by atoms with Crippen LogP contribution in [0.4, 0.5) is 0 Å². The van der Waals surface area contributed by atoms with E-state index in [1.165, 1.54) is 5.56 Å². The van der Waals surface area contributed by atoms with E-state index in [-0.39, 0.29) is 6.61 Å². The molecule has 0 bridgehead atoms. The molecule has 1 unspecified atom stereocenters. The molecule has 2 aromatic carbocycles. The first-order chi connectivity index (χ1) is 10.1. The highest BCUT2D eigenvalue weighted by Crippen LogP contribution is 2.01. The molecule has 0 aliphatic carbocycles. The monoisotopic (exact) mass is 287 g/mol. The van der Waals surface area contributed by atoms with E-state index in [4.69, 9.17) is 15.9 Å². The van der Waals surface area contributed by atoms with Crippen molar-refractivity contribution in [3.05, 3.63) is 71.8 Å². The van der Waals surface area contributed by atoms with Crippen LogP contribution in [0.1, 0.15) is 11.1 Å². The minimum atomic E-state index is -0.959. The summed E-state index contributed by atoms with van der Waals surface area (Å²) < 4.78 is 0. The highest BCUT2D eigenvalue weighted by Gasteiger charge is 2.10. The molecule has 0 aliphatic heterocycles. The lowest BCUT2D eigenvalue weighted by atomic mass is 10.1. The molecule has 0 radical (unpaired) electrons. The molecule has 4 heteroatoms. The van der Waals surface area contributed by atoms with Crippen molar-refractivity contribution in [2.45, 2.75) is 18.9 Å². The van der Waals surface area contributed by atoms with Crippen molar-refractivity contribution in [2.75, 3.05) is 6.61 Å². The van der Waals surface area contributed by atoms with Crippen molar-refractivity contribution >= 4 is 5.97 Å². The molecule has 1 atom stereocenters. The van der Waals surface area contributed by atoms with Gasteiger partial charge in [-0.1, -0.05) is 60.7 Å². The Kier molecular flexibility index (Phi) is 7.79. The van der Waals surface area contributed by atoms with E-state index < -0.39 is 12.0 Å². The van der Waals surface area contributed by atoms with Crippen LogP contribution in [-0.2, 0) is 17.6 Å². The van der Waals surface area contributed by atoms with E-state index in [1.807, 2.05) is 60.7 Å². The van der Waals surface area contributed by atoms with Crippen LogP contribution in [0.3, 0.4) is 0 Å². The standard InChI is InChI=1S/C9H11NO2.C8H10O/c10-8(9(11)12)6-7-4-2-1-3-5-7;9-7-6-8-4-2-1-3-5-8/h1-5,8H,6,10H2,(H,11,12);1-5,9H,6-7H2. The van der Waals surface area contributed by atoms with Crippen LogP contribution in [0, 0.1) is 0 Å². The lowest BCUT2D eigenvalue weighted by Crippen LogP contribution is -2.32. The lowest BCUT2D eigenvalue weighted by Gasteiger charge is -2.04. The average molecular weight is 287 g/mol. The van der Waals surface area contributed by atoms with E-state index in [1.54, 1.807) is 0 Å². The summed E-state index contributed by atoms with van der Waals surface area (Å²) in [6.45, 7) is 0.240. The Morgan fingerprint density at radius 3 is 1.86 bits per heavy atom. The summed E-state index contributed by atoms with van der Waals surface area (Å²) in [7, 11) is 0. The van der Waals surface area contributed by atoms with Gasteiger partial charge in [-0.3, -0.25) is 4.79 Å². The third-order valence-corrected chi connectivity index (χ3v) is 2.86. The fraction of sp³-hybridized carbons (Fsp3) is 0.235. The largest absolute Gasteiger partial charge is 0.480 e. The van der Waals surface area contributed by atoms with Crippen molar-refractivity contribution in [1.29, 1.82) is 0 Å². The Morgan fingerprint density at radius 2 is 1.43 bits per heavy atom. The Bertz CT molecular complexity index is 514. The van der Waals surface area contributed by atoms with Gasteiger partial charge in [0.1, 0.15) is 6.04 Å². The molecule has 112 valence electrons. The molecule has 0 spiro atoms. The molecule has 0 saturated heterocycles. The Hall–Kier alpha value is -2.17. The van der Waals surface area contributed by atoms with Crippen molar-refractivity contribution in [3.8, 4) is 0 Å². The number of carbonyl (C=O) groups is 1. The molecule has 21 heavy (non-hydrogen) atoms. The van der Waals surface area contributed by atoms with Crippen molar-refractivity contribution < 1.29 is 15.0 Å². The SMILES string of the molecule is NC(Cc1ccccc1)C(=O)O.OCCc1ccccc1. The number of carboxylic acid groups (broad SMARTS) is 1. The minimum absolute atomic E-state index is 0.240. The second kappa shape index (κ2) is 9.69. The Morgan fingerprint density at radius 1 is 0.952 bits per heavy atom. The van der Waals surface area contributed by atoms with Crippen molar-refractivity contribution in [2.24, 2.45) is 5.73 Å². The Balaban J connectivity index is 0.000000219. The number of aliphatic carboxylic acids is 1. The van der Waals surface area contributed by atoms with Gasteiger partial charge in [-0.25, -0.2) is 0 Å². The van der Waals surface area contributed by atoms with E-state index >= 15 is 0 Å². The average Bonchev–Trinajstić information content (AvgIpc) is 2.50. The lowest BCUT2D eigenvalue weighted by molar-refractivity contribution is -0.138. The molecule has 0 aromatic heterocycles. The fourth-order valence-corrected chi connectivity index (χ4v) is 1.73. The zero-order valence-electron chi connectivity index (χ0n) is 11.9. The van der Waals surface area contributed by atoms with Gasteiger partial charge in [-0.05, 0) is 24.0 Å². The van der Waals surface area contributed by atoms with Crippen LogP contribution >= 0.6 is 0 Å². The minimum Gasteiger partial charge on any atom is -0.480 e. The quantitative estimate of drug-likeness (QED) is 0.784. The van der Waals surface area contributed by atoms with Gasteiger partial charge >= 0.3 is 5.97 Å². The molecule has 4 nitrogen and oxygen atoms in total. The summed E-state index contributed by atoms with van der Waals surface area (Å²) in [6, 6.07) is 18.5. The number of hydrogen-bond acceptors (Lipinski definition) is 3. The molecule has 0 heterocycles. The van der Waals surface area contributed by atoms with Crippen molar-refractivity contribution in [1.82, 2.24) is 0 Å². The first-order valence-electron chi connectivity index (χ1n) is 6.80. The first kappa shape index (κ1) is 16.9. The molecule has 4 N–H and O–H groups in total. The van der Waals surface area contributed by atoms with Gasteiger partial charge in [0, 0.05) is 6.61 Å². The number of aliphatic hydroxyl groups is 1. The maximum absolute atomic E-state index is 10.4. The highest BCUT2D eigenvalue weighted by molar-refractivity contribution is 5.73. The molecule has 0 fully saturated rings. The second-order valence-electron chi connectivity index (χ2n) is 4.59. The van der Waals surface area contributed by atoms with E-state index in [0.717, 1.165) is 12.0 Å². The topological polar surface area (TPSA) is 83.6 Å². The van der Waals surface area contributed by atoms with Gasteiger partial charge in [-0.15, -0.1) is 0 Å². The highest BCUT2D eigenvalue weighted by atomic mass is 16.4.